The summed E-state index contributed by atoms with van der Waals surface area (Å²) in [6.07, 6.45) is 0. The van der Waals surface area contributed by atoms with Crippen molar-refractivity contribution in [3.05, 3.63) is 28.8 Å². The summed E-state index contributed by atoms with van der Waals surface area (Å²) in [4.78, 5) is 12.5. The van der Waals surface area contributed by atoms with E-state index in [9.17, 15) is 9.82 Å². The van der Waals surface area contributed by atoms with Gasteiger partial charge in [-0.1, -0.05) is 19.9 Å². The van der Waals surface area contributed by atoms with E-state index < -0.39 is 13.2 Å². The molecule has 2 rings (SSSR count). The lowest BCUT2D eigenvalue weighted by Crippen LogP contribution is -2.45. The topological polar surface area (TPSA) is 91.6 Å². The predicted octanol–water partition coefficient (Wildman–Crippen LogP) is 0.591. The molecular formula is C15H21BN2O4. The van der Waals surface area contributed by atoms with Crippen LogP contribution in [0.4, 0.5) is 0 Å². The van der Waals surface area contributed by atoms with Crippen molar-refractivity contribution in [1.29, 1.82) is 5.41 Å². The van der Waals surface area contributed by atoms with Gasteiger partial charge in [-0.3, -0.25) is 10.2 Å². The molecule has 0 saturated heterocycles. The first kappa shape index (κ1) is 16.5. The smallest absolute Gasteiger partial charge is 0.483 e. The maximum Gasteiger partial charge on any atom is 0.492 e. The Morgan fingerprint density at radius 3 is 2.77 bits per heavy atom. The molecule has 0 saturated carbocycles. The molecule has 0 fully saturated rings. The highest BCUT2D eigenvalue weighted by atomic mass is 16.5. The van der Waals surface area contributed by atoms with Gasteiger partial charge in [0.2, 0.25) is 5.90 Å². The molecule has 1 unspecified atom stereocenters. The van der Waals surface area contributed by atoms with E-state index in [1.54, 1.807) is 19.1 Å². The molecule has 3 N–H and O–H groups in total. The van der Waals surface area contributed by atoms with Crippen LogP contribution in [0.3, 0.4) is 0 Å². The van der Waals surface area contributed by atoms with E-state index in [4.69, 9.17) is 14.8 Å². The molecule has 1 aliphatic rings. The highest BCUT2D eigenvalue weighted by Crippen LogP contribution is 2.17. The molecule has 0 aliphatic carbocycles. The fourth-order valence-electron chi connectivity index (χ4n) is 2.63. The Hall–Kier alpha value is -1.86. The van der Waals surface area contributed by atoms with Crippen LogP contribution in [0, 0.1) is 18.3 Å². The number of fused-ring (bicyclic) bond motifs is 1. The molecule has 1 aromatic carbocycles. The zero-order valence-corrected chi connectivity index (χ0v) is 13.3. The van der Waals surface area contributed by atoms with Crippen LogP contribution in [0.5, 0.6) is 0 Å². The van der Waals surface area contributed by atoms with E-state index in [2.05, 4.69) is 5.32 Å². The van der Waals surface area contributed by atoms with Crippen molar-refractivity contribution in [2.75, 3.05) is 7.11 Å². The van der Waals surface area contributed by atoms with Crippen LogP contribution in [0.2, 0.25) is 0 Å². The average Bonchev–Trinajstić information content (AvgIpc) is 2.86. The molecule has 22 heavy (non-hydrogen) atoms. The van der Waals surface area contributed by atoms with Crippen molar-refractivity contribution >= 4 is 24.4 Å². The van der Waals surface area contributed by atoms with Crippen molar-refractivity contribution in [3.63, 3.8) is 0 Å². The standard InChI is InChI=1S/C15H21BN2O4/c1-8(2)13(14(17)21-4)18-15(19)11-6-5-10-7-22-16(20)12(10)9(11)3/h5-6,8,13,17,20H,7H2,1-4H3,(H,18,19). The Labute approximate surface area is 130 Å². The van der Waals surface area contributed by atoms with Gasteiger partial charge in [0.25, 0.3) is 5.91 Å². The molecule has 0 bridgehead atoms. The van der Waals surface area contributed by atoms with Crippen LogP contribution in [-0.2, 0) is 16.0 Å². The molecule has 1 aromatic rings. The molecule has 1 atom stereocenters. The zero-order valence-electron chi connectivity index (χ0n) is 13.3. The second kappa shape index (κ2) is 6.50. The molecule has 0 radical (unpaired) electrons. The van der Waals surface area contributed by atoms with Crippen molar-refractivity contribution < 1.29 is 19.2 Å². The van der Waals surface area contributed by atoms with E-state index in [-0.39, 0.29) is 17.7 Å². The first-order chi connectivity index (χ1) is 10.4. The van der Waals surface area contributed by atoms with Gasteiger partial charge in [-0.25, -0.2) is 0 Å². The third-order valence-electron chi connectivity index (χ3n) is 3.95. The van der Waals surface area contributed by atoms with Crippen molar-refractivity contribution in [2.45, 2.75) is 33.4 Å². The van der Waals surface area contributed by atoms with Crippen LogP contribution in [-0.4, -0.2) is 37.1 Å². The van der Waals surface area contributed by atoms with Gasteiger partial charge in [-0.2, -0.15) is 0 Å². The molecule has 0 aromatic heterocycles. The van der Waals surface area contributed by atoms with Crippen LogP contribution in [0.25, 0.3) is 0 Å². The molecule has 7 heteroatoms. The number of carbonyl (C=O) groups is 1. The van der Waals surface area contributed by atoms with Crippen molar-refractivity contribution in [3.8, 4) is 0 Å². The number of methoxy groups -OCH3 is 1. The van der Waals surface area contributed by atoms with E-state index in [0.717, 1.165) is 5.56 Å². The maximum atomic E-state index is 12.5. The number of hydrogen-bond acceptors (Lipinski definition) is 5. The molecule has 1 aliphatic heterocycles. The first-order valence-corrected chi connectivity index (χ1v) is 7.22. The predicted molar refractivity (Wildman–Crippen MR) is 84.4 cm³/mol. The summed E-state index contributed by atoms with van der Waals surface area (Å²) < 4.78 is 10.1. The minimum absolute atomic E-state index is 0.0190. The van der Waals surface area contributed by atoms with Gasteiger partial charge in [-0.05, 0) is 35.5 Å². The number of nitrogens with one attached hydrogen (secondary N) is 2. The lowest BCUT2D eigenvalue weighted by atomic mass is 9.75. The van der Waals surface area contributed by atoms with E-state index in [1.807, 2.05) is 13.8 Å². The van der Waals surface area contributed by atoms with Crippen LogP contribution in [0.1, 0.15) is 35.3 Å². The summed E-state index contributed by atoms with van der Waals surface area (Å²) in [5, 5.41) is 20.5. The molecule has 118 valence electrons. The molecular weight excluding hydrogens is 283 g/mol. The fourth-order valence-corrected chi connectivity index (χ4v) is 2.63. The van der Waals surface area contributed by atoms with Gasteiger partial charge in [0.05, 0.1) is 13.7 Å². The Kier molecular flexibility index (Phi) is 4.88. The van der Waals surface area contributed by atoms with Gasteiger partial charge in [0.15, 0.2) is 0 Å². The normalized spacial score (nSPS) is 14.7. The Morgan fingerprint density at radius 1 is 1.50 bits per heavy atom. The zero-order chi connectivity index (χ0) is 16.4. The second-order valence-corrected chi connectivity index (χ2v) is 5.74. The van der Waals surface area contributed by atoms with E-state index >= 15 is 0 Å². The molecule has 1 heterocycles. The van der Waals surface area contributed by atoms with Crippen LogP contribution >= 0.6 is 0 Å². The highest BCUT2D eigenvalue weighted by molar-refractivity contribution is 6.62. The minimum Gasteiger partial charge on any atom is -0.483 e. The van der Waals surface area contributed by atoms with Gasteiger partial charge in [-0.15, -0.1) is 0 Å². The number of amides is 1. The third-order valence-corrected chi connectivity index (χ3v) is 3.95. The highest BCUT2D eigenvalue weighted by Gasteiger charge is 2.32. The van der Waals surface area contributed by atoms with Crippen molar-refractivity contribution in [1.82, 2.24) is 5.32 Å². The van der Waals surface area contributed by atoms with Gasteiger partial charge >= 0.3 is 7.12 Å². The van der Waals surface area contributed by atoms with E-state index in [0.29, 0.717) is 23.2 Å². The Bertz CT molecular complexity index is 603. The SMILES string of the molecule is COC(=N)C(NC(=O)c1ccc2c(c1C)B(O)OC2)C(C)C. The quantitative estimate of drug-likeness (QED) is 0.431. The largest absolute Gasteiger partial charge is 0.492 e. The molecule has 6 nitrogen and oxygen atoms in total. The minimum atomic E-state index is -0.985. The summed E-state index contributed by atoms with van der Waals surface area (Å²) in [5.74, 6) is -0.245. The number of ether oxygens (including phenoxy) is 1. The monoisotopic (exact) mass is 304 g/mol. The summed E-state index contributed by atoms with van der Waals surface area (Å²) >= 11 is 0. The maximum absolute atomic E-state index is 12.5. The summed E-state index contributed by atoms with van der Waals surface area (Å²) in [6.45, 7) is 5.96. The number of carbonyl (C=O) groups excluding carboxylic acids is 1. The fraction of sp³-hybridized carbons (Fsp3) is 0.467. The lowest BCUT2D eigenvalue weighted by molar-refractivity contribution is 0.0934. The lowest BCUT2D eigenvalue weighted by Gasteiger charge is -2.22. The molecule has 0 spiro atoms. The first-order valence-electron chi connectivity index (χ1n) is 7.22. The van der Waals surface area contributed by atoms with Gasteiger partial charge in [0, 0.05) is 5.56 Å². The molecule has 1 amide bonds. The summed E-state index contributed by atoms with van der Waals surface area (Å²) in [5.41, 5.74) is 2.73. The second-order valence-electron chi connectivity index (χ2n) is 5.74. The third kappa shape index (κ3) is 3.00. The number of hydrogen-bond donors (Lipinski definition) is 3. The van der Waals surface area contributed by atoms with E-state index in [1.165, 1.54) is 7.11 Å². The number of rotatable bonds is 4. The van der Waals surface area contributed by atoms with Crippen LogP contribution < -0.4 is 10.8 Å². The van der Waals surface area contributed by atoms with Crippen molar-refractivity contribution in [2.24, 2.45) is 5.92 Å². The average molecular weight is 304 g/mol. The summed E-state index contributed by atoms with van der Waals surface area (Å²) in [6, 6.07) is 3.02. The summed E-state index contributed by atoms with van der Waals surface area (Å²) in [7, 11) is 0.430. The Morgan fingerprint density at radius 2 is 2.18 bits per heavy atom. The Balaban J connectivity index is 2.27. The van der Waals surface area contributed by atoms with Crippen LogP contribution in [0.15, 0.2) is 12.1 Å². The number of benzene rings is 1. The van der Waals surface area contributed by atoms with Gasteiger partial charge < -0.3 is 19.7 Å². The van der Waals surface area contributed by atoms with Gasteiger partial charge in [0.1, 0.15) is 6.04 Å².